The van der Waals surface area contributed by atoms with Gasteiger partial charge in [0, 0.05) is 36.8 Å². The third kappa shape index (κ3) is 5.08. The molecule has 1 aliphatic carbocycles. The van der Waals surface area contributed by atoms with Crippen LogP contribution in [0.5, 0.6) is 0 Å². The number of benzene rings is 2. The molecule has 0 radical (unpaired) electrons. The maximum absolute atomic E-state index is 13.9. The summed E-state index contributed by atoms with van der Waals surface area (Å²) in [5, 5.41) is 15.9. The van der Waals surface area contributed by atoms with Crippen LogP contribution in [0.2, 0.25) is 0 Å². The number of ether oxygens (including phenoxy) is 1. The van der Waals surface area contributed by atoms with E-state index in [1.54, 1.807) is 15.8 Å². The van der Waals surface area contributed by atoms with Crippen LogP contribution in [0.3, 0.4) is 0 Å². The molecule has 8 heteroatoms. The number of rotatable bonds is 6. The van der Waals surface area contributed by atoms with Crippen molar-refractivity contribution in [1.82, 2.24) is 9.78 Å². The molecule has 2 aromatic heterocycles. The average molecular weight is 528 g/mol. The molecule has 2 aromatic carbocycles. The third-order valence-corrected chi connectivity index (χ3v) is 8.23. The fraction of sp³-hybridized carbons (Fsp3) is 0.387. The number of carboxylic acid groups (broad SMARTS) is 1. The SMILES string of the molecule is CC1CCC(C(=O)N(c2nn(-c3ccc(-c4ccc5ccoc5c4)cc3)cc2C(=O)O)C2CCOCC2)CC1. The molecule has 202 valence electrons. The topological polar surface area (TPSA) is 97.8 Å². The Morgan fingerprint density at radius 1 is 0.949 bits per heavy atom. The standard InChI is InChI=1S/C31H33N3O5/c1-20-2-4-23(5-3-20)30(35)34(26-13-15-38-16-14-26)29-27(31(36)37)19-33(32-29)25-10-8-21(9-11-25)24-7-6-22-12-17-39-28(22)18-24/h6-12,17-20,23,26H,2-5,13-16H2,1H3,(H,36,37). The highest BCUT2D eigenvalue weighted by atomic mass is 16.5. The number of carbonyl (C=O) groups excluding carboxylic acids is 1. The highest BCUT2D eigenvalue weighted by Crippen LogP contribution is 2.34. The summed E-state index contributed by atoms with van der Waals surface area (Å²) in [5.41, 5.74) is 3.61. The zero-order valence-corrected chi connectivity index (χ0v) is 22.1. The normalized spacial score (nSPS) is 20.2. The summed E-state index contributed by atoms with van der Waals surface area (Å²) in [6.45, 7) is 3.32. The minimum absolute atomic E-state index is 0.00906. The van der Waals surface area contributed by atoms with Gasteiger partial charge in [-0.05, 0) is 79.8 Å². The van der Waals surface area contributed by atoms with Gasteiger partial charge in [0.05, 0.1) is 12.0 Å². The summed E-state index contributed by atoms with van der Waals surface area (Å²) < 4.78 is 12.7. The summed E-state index contributed by atoms with van der Waals surface area (Å²) in [5.74, 6) is -0.373. The number of nitrogens with zero attached hydrogens (tertiary/aromatic N) is 3. The quantitative estimate of drug-likeness (QED) is 0.315. The van der Waals surface area contributed by atoms with Crippen LogP contribution >= 0.6 is 0 Å². The Bertz CT molecular complexity index is 1470. The van der Waals surface area contributed by atoms with E-state index in [2.05, 4.69) is 6.92 Å². The maximum atomic E-state index is 13.9. The van der Waals surface area contributed by atoms with Crippen molar-refractivity contribution < 1.29 is 23.8 Å². The molecule has 3 heterocycles. The first kappa shape index (κ1) is 25.4. The highest BCUT2D eigenvalue weighted by molar-refractivity contribution is 6.02. The lowest BCUT2D eigenvalue weighted by atomic mass is 9.82. The van der Waals surface area contributed by atoms with E-state index in [4.69, 9.17) is 14.3 Å². The predicted molar refractivity (Wildman–Crippen MR) is 148 cm³/mol. The van der Waals surface area contributed by atoms with Crippen molar-refractivity contribution in [3.63, 3.8) is 0 Å². The van der Waals surface area contributed by atoms with Gasteiger partial charge in [-0.3, -0.25) is 9.69 Å². The first-order chi connectivity index (χ1) is 19.0. The number of carboxylic acids is 1. The van der Waals surface area contributed by atoms with Crippen molar-refractivity contribution >= 4 is 28.7 Å². The molecule has 1 amide bonds. The Hall–Kier alpha value is -3.91. The second-order valence-electron chi connectivity index (χ2n) is 10.8. The van der Waals surface area contributed by atoms with Crippen molar-refractivity contribution in [1.29, 1.82) is 0 Å². The van der Waals surface area contributed by atoms with E-state index in [1.807, 2.05) is 48.5 Å². The lowest BCUT2D eigenvalue weighted by Gasteiger charge is -2.37. The Kier molecular flexibility index (Phi) is 6.95. The van der Waals surface area contributed by atoms with Gasteiger partial charge < -0.3 is 14.3 Å². The molecule has 8 nitrogen and oxygen atoms in total. The smallest absolute Gasteiger partial charge is 0.341 e. The molecule has 39 heavy (non-hydrogen) atoms. The van der Waals surface area contributed by atoms with E-state index in [-0.39, 0.29) is 29.2 Å². The van der Waals surface area contributed by atoms with E-state index in [9.17, 15) is 14.7 Å². The van der Waals surface area contributed by atoms with Crippen LogP contribution in [0.15, 0.2) is 65.4 Å². The first-order valence-corrected chi connectivity index (χ1v) is 13.8. The lowest BCUT2D eigenvalue weighted by molar-refractivity contribution is -0.124. The maximum Gasteiger partial charge on any atom is 0.341 e. The number of aromatic carboxylic acids is 1. The Morgan fingerprint density at radius 2 is 1.67 bits per heavy atom. The van der Waals surface area contributed by atoms with E-state index >= 15 is 0 Å². The summed E-state index contributed by atoms with van der Waals surface area (Å²) in [4.78, 5) is 28.0. The molecule has 2 fully saturated rings. The van der Waals surface area contributed by atoms with E-state index in [0.717, 1.165) is 53.5 Å². The third-order valence-electron chi connectivity index (χ3n) is 8.23. The van der Waals surface area contributed by atoms with E-state index in [0.29, 0.717) is 32.0 Å². The minimum Gasteiger partial charge on any atom is -0.477 e. The Balaban J connectivity index is 1.33. The van der Waals surface area contributed by atoms with Crippen LogP contribution in [0.4, 0.5) is 5.82 Å². The molecule has 1 saturated carbocycles. The average Bonchev–Trinajstić information content (AvgIpc) is 3.62. The van der Waals surface area contributed by atoms with Gasteiger partial charge in [-0.25, -0.2) is 9.48 Å². The molecule has 1 N–H and O–H groups in total. The Labute approximate surface area is 227 Å². The summed E-state index contributed by atoms with van der Waals surface area (Å²) in [6.07, 6.45) is 8.20. The number of furan rings is 1. The molecular formula is C31H33N3O5. The number of aromatic nitrogens is 2. The number of fused-ring (bicyclic) bond motifs is 1. The number of anilines is 1. The molecule has 0 atom stereocenters. The van der Waals surface area contributed by atoms with Gasteiger partial charge in [-0.2, -0.15) is 0 Å². The largest absolute Gasteiger partial charge is 0.477 e. The van der Waals surface area contributed by atoms with Gasteiger partial charge in [-0.1, -0.05) is 31.2 Å². The molecule has 1 saturated heterocycles. The van der Waals surface area contributed by atoms with Crippen LogP contribution in [-0.2, 0) is 9.53 Å². The number of hydrogen-bond acceptors (Lipinski definition) is 5. The molecule has 4 aromatic rings. The highest BCUT2D eigenvalue weighted by Gasteiger charge is 2.37. The zero-order chi connectivity index (χ0) is 26.9. The van der Waals surface area contributed by atoms with Crippen molar-refractivity contribution in [2.75, 3.05) is 18.1 Å². The van der Waals surface area contributed by atoms with Crippen molar-refractivity contribution in [2.45, 2.75) is 51.5 Å². The predicted octanol–water partition coefficient (Wildman–Crippen LogP) is 6.32. The van der Waals surface area contributed by atoms with Crippen LogP contribution in [-0.4, -0.2) is 46.0 Å². The van der Waals surface area contributed by atoms with Gasteiger partial charge >= 0.3 is 5.97 Å². The fourth-order valence-electron chi connectivity index (χ4n) is 5.87. The van der Waals surface area contributed by atoms with Gasteiger partial charge in [0.1, 0.15) is 11.1 Å². The monoisotopic (exact) mass is 527 g/mol. The molecule has 2 aliphatic rings. The summed E-state index contributed by atoms with van der Waals surface area (Å²) in [6, 6.07) is 15.6. The zero-order valence-electron chi connectivity index (χ0n) is 22.1. The van der Waals surface area contributed by atoms with Crippen LogP contribution in [0.1, 0.15) is 55.8 Å². The second-order valence-corrected chi connectivity index (χ2v) is 10.8. The number of amides is 1. The van der Waals surface area contributed by atoms with E-state index in [1.165, 1.54) is 6.20 Å². The Morgan fingerprint density at radius 3 is 2.38 bits per heavy atom. The van der Waals surface area contributed by atoms with E-state index < -0.39 is 5.97 Å². The van der Waals surface area contributed by atoms with Crippen LogP contribution < -0.4 is 4.90 Å². The summed E-state index contributed by atoms with van der Waals surface area (Å²) >= 11 is 0. The fourth-order valence-corrected chi connectivity index (χ4v) is 5.87. The molecule has 0 bridgehead atoms. The second kappa shape index (κ2) is 10.7. The number of hydrogen-bond donors (Lipinski definition) is 1. The van der Waals surface area contributed by atoms with Gasteiger partial charge in [0.2, 0.25) is 5.91 Å². The number of carbonyl (C=O) groups is 2. The lowest BCUT2D eigenvalue weighted by Crippen LogP contribution is -2.47. The molecule has 6 rings (SSSR count). The van der Waals surface area contributed by atoms with Crippen LogP contribution in [0.25, 0.3) is 27.8 Å². The van der Waals surface area contributed by atoms with Crippen molar-refractivity contribution in [3.05, 3.63) is 66.6 Å². The van der Waals surface area contributed by atoms with Crippen molar-refractivity contribution in [2.24, 2.45) is 11.8 Å². The first-order valence-electron chi connectivity index (χ1n) is 13.8. The molecule has 1 aliphatic heterocycles. The molecular weight excluding hydrogens is 494 g/mol. The summed E-state index contributed by atoms with van der Waals surface area (Å²) in [7, 11) is 0. The molecule has 0 unspecified atom stereocenters. The van der Waals surface area contributed by atoms with Gasteiger partial charge in [0.15, 0.2) is 5.82 Å². The van der Waals surface area contributed by atoms with Gasteiger partial charge in [0.25, 0.3) is 0 Å². The van der Waals surface area contributed by atoms with Gasteiger partial charge in [-0.15, -0.1) is 5.10 Å². The van der Waals surface area contributed by atoms with Crippen LogP contribution in [0, 0.1) is 11.8 Å². The minimum atomic E-state index is -1.10. The van der Waals surface area contributed by atoms with Crippen molar-refractivity contribution in [3.8, 4) is 16.8 Å². The molecule has 0 spiro atoms.